The molecule has 2 aromatic carbocycles. The van der Waals surface area contributed by atoms with Crippen molar-refractivity contribution >= 4 is 11.7 Å². The zero-order valence-corrected chi connectivity index (χ0v) is 15.6. The summed E-state index contributed by atoms with van der Waals surface area (Å²) in [5.41, 5.74) is 3.53. The molecule has 1 aliphatic rings. The highest BCUT2D eigenvalue weighted by Crippen LogP contribution is 2.21. The van der Waals surface area contributed by atoms with E-state index in [0.29, 0.717) is 25.1 Å². The van der Waals surface area contributed by atoms with Gasteiger partial charge in [0.15, 0.2) is 6.10 Å². The maximum atomic E-state index is 14.0. The zero-order valence-electron chi connectivity index (χ0n) is 15.6. The molecule has 0 fully saturated rings. The van der Waals surface area contributed by atoms with Crippen molar-refractivity contribution in [3.05, 3.63) is 71.0 Å². The summed E-state index contributed by atoms with van der Waals surface area (Å²) in [6, 6.07) is 14.2. The van der Waals surface area contributed by atoms with E-state index in [1.165, 1.54) is 6.07 Å². The first kappa shape index (κ1) is 18.9. The van der Waals surface area contributed by atoms with Crippen LogP contribution in [0.25, 0.3) is 0 Å². The molecule has 27 heavy (non-hydrogen) atoms. The second-order valence-electron chi connectivity index (χ2n) is 6.59. The lowest BCUT2D eigenvalue weighted by molar-refractivity contribution is 0.0588. The Hall–Kier alpha value is -2.89. The number of hydrogen-bond donors (Lipinski definition) is 1. The molecule has 1 atom stereocenters. The van der Waals surface area contributed by atoms with Crippen LogP contribution in [0.15, 0.2) is 53.7 Å². The van der Waals surface area contributed by atoms with Crippen molar-refractivity contribution < 1.29 is 14.0 Å². The molecule has 6 heteroatoms. The maximum Gasteiger partial charge on any atom is 0.317 e. The van der Waals surface area contributed by atoms with Crippen molar-refractivity contribution in [2.45, 2.75) is 32.9 Å². The Kier molecular flexibility index (Phi) is 6.06. The van der Waals surface area contributed by atoms with E-state index in [1.807, 2.05) is 38.1 Å². The third kappa shape index (κ3) is 4.64. The van der Waals surface area contributed by atoms with Gasteiger partial charge in [0.2, 0.25) is 0 Å². The molecule has 0 aliphatic carbocycles. The van der Waals surface area contributed by atoms with E-state index >= 15 is 0 Å². The number of carbonyl (C=O) groups excluding carboxylic acids is 1. The fourth-order valence-corrected chi connectivity index (χ4v) is 3.14. The lowest BCUT2D eigenvalue weighted by Crippen LogP contribution is -2.43. The van der Waals surface area contributed by atoms with Crippen LogP contribution in [0.3, 0.4) is 0 Å². The Morgan fingerprint density at radius 1 is 1.26 bits per heavy atom. The Balaban J connectivity index is 1.69. The number of carbonyl (C=O) groups is 1. The minimum Gasteiger partial charge on any atom is -0.390 e. The number of rotatable bonds is 6. The molecule has 0 aromatic heterocycles. The Bertz CT molecular complexity index is 838. The van der Waals surface area contributed by atoms with Crippen LogP contribution in [0.5, 0.6) is 0 Å². The number of oxime groups is 1. The maximum absolute atomic E-state index is 14.0. The van der Waals surface area contributed by atoms with Crippen molar-refractivity contribution in [3.8, 4) is 0 Å². The summed E-state index contributed by atoms with van der Waals surface area (Å²) in [6.45, 7) is 4.90. The predicted octanol–water partition coefficient (Wildman–Crippen LogP) is 3.86. The molecule has 0 unspecified atom stereocenters. The summed E-state index contributed by atoms with van der Waals surface area (Å²) >= 11 is 0. The molecular formula is C21H24FN3O2. The fourth-order valence-electron chi connectivity index (χ4n) is 3.14. The number of hydrogen-bond acceptors (Lipinski definition) is 3. The molecule has 0 spiro atoms. The van der Waals surface area contributed by atoms with E-state index < -0.39 is 0 Å². The van der Waals surface area contributed by atoms with Crippen molar-refractivity contribution in [1.82, 2.24) is 10.2 Å². The van der Waals surface area contributed by atoms with Crippen molar-refractivity contribution in [2.75, 3.05) is 13.1 Å². The average Bonchev–Trinajstić information content (AvgIpc) is 3.12. The van der Waals surface area contributed by atoms with Crippen LogP contribution in [0, 0.1) is 12.7 Å². The molecule has 142 valence electrons. The van der Waals surface area contributed by atoms with Gasteiger partial charge in [-0.05, 0) is 25.5 Å². The van der Waals surface area contributed by atoms with E-state index in [2.05, 4.69) is 10.5 Å². The minimum atomic E-state index is -0.323. The molecule has 2 amide bonds. The minimum absolute atomic E-state index is 0.179. The third-order valence-electron chi connectivity index (χ3n) is 4.55. The lowest BCUT2D eigenvalue weighted by atomic mass is 10.0. The van der Waals surface area contributed by atoms with E-state index in [0.717, 1.165) is 16.8 Å². The predicted molar refractivity (Wildman–Crippen MR) is 103 cm³/mol. The van der Waals surface area contributed by atoms with Crippen LogP contribution < -0.4 is 5.32 Å². The quantitative estimate of drug-likeness (QED) is 0.841. The SMILES string of the molecule is CCNC(=O)N(Cc1ccccc1F)C[C@@H]1CC(c2ccccc2C)=NO1. The molecule has 1 N–H and O–H groups in total. The van der Waals surface area contributed by atoms with Crippen LogP contribution in [-0.4, -0.2) is 35.8 Å². The average molecular weight is 369 g/mol. The van der Waals surface area contributed by atoms with Crippen LogP contribution in [0.2, 0.25) is 0 Å². The van der Waals surface area contributed by atoms with E-state index in [-0.39, 0.29) is 24.5 Å². The van der Waals surface area contributed by atoms with Gasteiger partial charge in [0.1, 0.15) is 5.82 Å². The van der Waals surface area contributed by atoms with Gasteiger partial charge in [0.05, 0.1) is 18.8 Å². The number of halogens is 1. The second-order valence-corrected chi connectivity index (χ2v) is 6.59. The van der Waals surface area contributed by atoms with Crippen molar-refractivity contribution in [1.29, 1.82) is 0 Å². The van der Waals surface area contributed by atoms with Gasteiger partial charge in [0, 0.05) is 24.1 Å². The Labute approximate surface area is 158 Å². The van der Waals surface area contributed by atoms with Gasteiger partial charge in [-0.15, -0.1) is 0 Å². The van der Waals surface area contributed by atoms with Crippen LogP contribution >= 0.6 is 0 Å². The summed E-state index contributed by atoms with van der Waals surface area (Å²) in [5, 5.41) is 7.00. The number of aryl methyl sites for hydroxylation is 1. The smallest absolute Gasteiger partial charge is 0.317 e. The zero-order chi connectivity index (χ0) is 19.2. The van der Waals surface area contributed by atoms with Gasteiger partial charge >= 0.3 is 6.03 Å². The molecule has 0 saturated carbocycles. The molecule has 5 nitrogen and oxygen atoms in total. The van der Waals surface area contributed by atoms with Gasteiger partial charge in [-0.25, -0.2) is 9.18 Å². The number of nitrogens with one attached hydrogen (secondary N) is 1. The van der Waals surface area contributed by atoms with Gasteiger partial charge in [-0.3, -0.25) is 0 Å². The largest absolute Gasteiger partial charge is 0.390 e. The van der Waals surface area contributed by atoms with E-state index in [4.69, 9.17) is 4.84 Å². The summed E-state index contributed by atoms with van der Waals surface area (Å²) in [7, 11) is 0. The molecule has 1 heterocycles. The standard InChI is InChI=1S/C21H24FN3O2/c1-3-23-21(26)25(13-16-9-5-7-11-19(16)22)14-17-12-20(24-27-17)18-10-6-4-8-15(18)2/h4-11,17H,3,12-14H2,1-2H3,(H,23,26)/t17-/m0/s1. The first-order chi connectivity index (χ1) is 13.1. The number of amides is 2. The van der Waals surface area contributed by atoms with E-state index in [1.54, 1.807) is 23.1 Å². The summed E-state index contributed by atoms with van der Waals surface area (Å²) < 4.78 is 14.0. The number of nitrogens with zero attached hydrogens (tertiary/aromatic N) is 2. The third-order valence-corrected chi connectivity index (χ3v) is 4.55. The topological polar surface area (TPSA) is 53.9 Å². The molecule has 0 radical (unpaired) electrons. The van der Waals surface area contributed by atoms with Gasteiger partial charge in [-0.2, -0.15) is 0 Å². The van der Waals surface area contributed by atoms with Crippen LogP contribution in [0.1, 0.15) is 30.0 Å². The van der Waals surface area contributed by atoms with Gasteiger partial charge in [0.25, 0.3) is 0 Å². The first-order valence-corrected chi connectivity index (χ1v) is 9.13. The fraction of sp³-hybridized carbons (Fsp3) is 0.333. The summed E-state index contributed by atoms with van der Waals surface area (Å²) in [6.07, 6.45) is 0.354. The lowest BCUT2D eigenvalue weighted by Gasteiger charge is -2.25. The molecular weight excluding hydrogens is 345 g/mol. The van der Waals surface area contributed by atoms with Crippen molar-refractivity contribution in [2.24, 2.45) is 5.16 Å². The van der Waals surface area contributed by atoms with Crippen molar-refractivity contribution in [3.63, 3.8) is 0 Å². The highest BCUT2D eigenvalue weighted by molar-refractivity contribution is 6.02. The molecule has 2 aromatic rings. The summed E-state index contributed by atoms with van der Waals surface area (Å²) in [4.78, 5) is 19.6. The number of benzene rings is 2. The normalized spacial score (nSPS) is 15.8. The highest BCUT2D eigenvalue weighted by atomic mass is 19.1. The molecule has 3 rings (SSSR count). The van der Waals surface area contributed by atoms with E-state index in [9.17, 15) is 9.18 Å². The Morgan fingerprint density at radius 2 is 2.00 bits per heavy atom. The molecule has 0 bridgehead atoms. The molecule has 1 aliphatic heterocycles. The highest BCUT2D eigenvalue weighted by Gasteiger charge is 2.27. The van der Waals surface area contributed by atoms with Crippen LogP contribution in [-0.2, 0) is 11.4 Å². The van der Waals surface area contributed by atoms with Gasteiger partial charge in [-0.1, -0.05) is 47.6 Å². The number of urea groups is 1. The molecule has 0 saturated heterocycles. The summed E-state index contributed by atoms with van der Waals surface area (Å²) in [5.74, 6) is -0.323. The monoisotopic (exact) mass is 369 g/mol. The van der Waals surface area contributed by atoms with Crippen LogP contribution in [0.4, 0.5) is 9.18 Å². The Morgan fingerprint density at radius 3 is 2.74 bits per heavy atom. The first-order valence-electron chi connectivity index (χ1n) is 9.13. The second kappa shape index (κ2) is 8.66. The van der Waals surface area contributed by atoms with Gasteiger partial charge < -0.3 is 15.1 Å².